The molecule has 6 heteroatoms. The van der Waals surface area contributed by atoms with Gasteiger partial charge in [-0.3, -0.25) is 4.79 Å². The largest absolute Gasteiger partial charge is 0.370 e. The molecule has 0 aliphatic carbocycles. The van der Waals surface area contributed by atoms with Crippen molar-refractivity contribution in [2.45, 2.75) is 12.8 Å². The molecular weight excluding hydrogens is 365 g/mol. The molecule has 0 atom stereocenters. The first-order valence-corrected chi connectivity index (χ1v) is 8.95. The van der Waals surface area contributed by atoms with E-state index in [1.54, 1.807) is 36.5 Å². The Bertz CT molecular complexity index is 881. The molecule has 0 saturated heterocycles. The monoisotopic (exact) mass is 383 g/mol. The summed E-state index contributed by atoms with van der Waals surface area (Å²) in [5.74, 6) is 0.367. The molecule has 0 saturated carbocycles. The van der Waals surface area contributed by atoms with Crippen LogP contribution in [-0.2, 0) is 17.6 Å². The van der Waals surface area contributed by atoms with Crippen LogP contribution in [-0.4, -0.2) is 17.4 Å². The maximum atomic E-state index is 12.9. The number of nitrogens with one attached hydrogen (secondary N) is 2. The Balaban J connectivity index is 1.45. The number of hydrogen-bond acceptors (Lipinski definition) is 3. The molecule has 0 aliphatic heterocycles. The van der Waals surface area contributed by atoms with Crippen LogP contribution < -0.4 is 10.6 Å². The van der Waals surface area contributed by atoms with E-state index in [0.717, 1.165) is 17.5 Å². The molecule has 138 valence electrons. The molecule has 2 aromatic carbocycles. The number of anilines is 2. The number of nitrogens with zero attached hydrogens (tertiary/aromatic N) is 1. The Hall–Kier alpha value is -2.92. The van der Waals surface area contributed by atoms with Crippen molar-refractivity contribution in [3.05, 3.63) is 88.8 Å². The highest BCUT2D eigenvalue weighted by atomic mass is 35.5. The Kier molecular flexibility index (Phi) is 6.39. The van der Waals surface area contributed by atoms with Crippen molar-refractivity contribution in [3.8, 4) is 0 Å². The fourth-order valence-corrected chi connectivity index (χ4v) is 2.68. The van der Waals surface area contributed by atoms with Gasteiger partial charge in [0, 0.05) is 11.6 Å². The van der Waals surface area contributed by atoms with Crippen LogP contribution in [0.15, 0.2) is 66.9 Å². The van der Waals surface area contributed by atoms with Crippen molar-refractivity contribution in [2.24, 2.45) is 0 Å². The van der Waals surface area contributed by atoms with Gasteiger partial charge in [-0.2, -0.15) is 0 Å². The first-order valence-electron chi connectivity index (χ1n) is 8.57. The van der Waals surface area contributed by atoms with Gasteiger partial charge >= 0.3 is 0 Å². The maximum Gasteiger partial charge on any atom is 0.228 e. The quantitative estimate of drug-likeness (QED) is 0.621. The van der Waals surface area contributed by atoms with Gasteiger partial charge in [0.1, 0.15) is 11.6 Å². The molecule has 27 heavy (non-hydrogen) atoms. The van der Waals surface area contributed by atoms with Crippen molar-refractivity contribution in [1.82, 2.24) is 4.98 Å². The van der Waals surface area contributed by atoms with Crippen LogP contribution in [0.1, 0.15) is 11.1 Å². The fourth-order valence-electron chi connectivity index (χ4n) is 2.55. The van der Waals surface area contributed by atoms with Gasteiger partial charge < -0.3 is 10.6 Å². The number of pyridine rings is 1. The Morgan fingerprint density at radius 2 is 1.67 bits per heavy atom. The number of amides is 1. The predicted molar refractivity (Wildman–Crippen MR) is 107 cm³/mol. The highest BCUT2D eigenvalue weighted by Crippen LogP contribution is 2.13. The lowest BCUT2D eigenvalue weighted by Gasteiger charge is -2.08. The first-order chi connectivity index (χ1) is 13.1. The van der Waals surface area contributed by atoms with Crippen molar-refractivity contribution in [3.63, 3.8) is 0 Å². The number of carbonyl (C=O) groups is 1. The fraction of sp³-hybridized carbons (Fsp3) is 0.143. The van der Waals surface area contributed by atoms with E-state index in [1.807, 2.05) is 18.2 Å². The summed E-state index contributed by atoms with van der Waals surface area (Å²) >= 11 is 5.84. The third-order valence-corrected chi connectivity index (χ3v) is 4.21. The van der Waals surface area contributed by atoms with Crippen LogP contribution in [0.5, 0.6) is 0 Å². The second-order valence-corrected chi connectivity index (χ2v) is 6.52. The average molecular weight is 384 g/mol. The van der Waals surface area contributed by atoms with Crippen LogP contribution in [0, 0.1) is 5.82 Å². The molecule has 0 radical (unpaired) electrons. The van der Waals surface area contributed by atoms with Gasteiger partial charge in [-0.15, -0.1) is 0 Å². The number of aromatic nitrogens is 1. The Morgan fingerprint density at radius 3 is 2.33 bits per heavy atom. The zero-order valence-corrected chi connectivity index (χ0v) is 15.3. The average Bonchev–Trinajstić information content (AvgIpc) is 2.67. The van der Waals surface area contributed by atoms with Gasteiger partial charge in [-0.05, 0) is 53.9 Å². The maximum absolute atomic E-state index is 12.9. The normalized spacial score (nSPS) is 10.4. The number of rotatable bonds is 7. The van der Waals surface area contributed by atoms with Crippen molar-refractivity contribution in [1.29, 1.82) is 0 Å². The molecule has 0 bridgehead atoms. The third-order valence-electron chi connectivity index (χ3n) is 3.96. The molecule has 0 unspecified atom stereocenters. The van der Waals surface area contributed by atoms with E-state index in [-0.39, 0.29) is 18.1 Å². The highest BCUT2D eigenvalue weighted by molar-refractivity contribution is 6.30. The van der Waals surface area contributed by atoms with Gasteiger partial charge in [-0.1, -0.05) is 35.9 Å². The lowest BCUT2D eigenvalue weighted by Crippen LogP contribution is -2.14. The summed E-state index contributed by atoms with van der Waals surface area (Å²) in [5.41, 5.74) is 2.58. The van der Waals surface area contributed by atoms with Crippen LogP contribution in [0.25, 0.3) is 0 Å². The number of hydrogen-bond donors (Lipinski definition) is 2. The van der Waals surface area contributed by atoms with E-state index < -0.39 is 0 Å². The summed E-state index contributed by atoms with van der Waals surface area (Å²) in [5, 5.41) is 6.67. The molecule has 0 aliphatic rings. The number of benzene rings is 2. The van der Waals surface area contributed by atoms with Crippen molar-refractivity contribution < 1.29 is 9.18 Å². The second-order valence-electron chi connectivity index (χ2n) is 6.09. The Labute approximate surface area is 162 Å². The molecule has 4 nitrogen and oxygen atoms in total. The predicted octanol–water partition coefficient (Wildman–Crippen LogP) is 4.71. The van der Waals surface area contributed by atoms with Crippen LogP contribution in [0.2, 0.25) is 5.02 Å². The summed E-state index contributed by atoms with van der Waals surface area (Å²) < 4.78 is 12.9. The summed E-state index contributed by atoms with van der Waals surface area (Å²) in [6.07, 6.45) is 2.65. The molecule has 3 aromatic rings. The van der Waals surface area contributed by atoms with Gasteiger partial charge in [0.05, 0.1) is 18.3 Å². The second kappa shape index (κ2) is 9.14. The topological polar surface area (TPSA) is 54.0 Å². The van der Waals surface area contributed by atoms with Crippen LogP contribution >= 0.6 is 11.6 Å². The minimum atomic E-state index is -0.234. The smallest absolute Gasteiger partial charge is 0.228 e. The molecule has 0 fully saturated rings. The number of carbonyl (C=O) groups excluding carboxylic acids is 1. The first kappa shape index (κ1) is 18.9. The van der Waals surface area contributed by atoms with E-state index in [2.05, 4.69) is 15.6 Å². The SMILES string of the molecule is O=C(Cc1ccc(Cl)cc1)Nc1ccc(NCCc2ccc(F)cc2)nc1. The zero-order valence-electron chi connectivity index (χ0n) is 14.6. The molecule has 1 heterocycles. The lowest BCUT2D eigenvalue weighted by atomic mass is 10.1. The molecule has 2 N–H and O–H groups in total. The van der Waals surface area contributed by atoms with Gasteiger partial charge in [0.2, 0.25) is 5.91 Å². The summed E-state index contributed by atoms with van der Waals surface area (Å²) in [6.45, 7) is 0.681. The molecule has 1 amide bonds. The zero-order chi connectivity index (χ0) is 19.1. The standard InChI is InChI=1S/C21H19ClFN3O/c22-17-5-1-16(2-6-17)13-21(27)26-19-9-10-20(25-14-19)24-12-11-15-3-7-18(23)8-4-15/h1-10,14H,11-13H2,(H,24,25)(H,26,27). The van der Waals surface area contributed by atoms with E-state index >= 15 is 0 Å². The van der Waals surface area contributed by atoms with E-state index in [0.29, 0.717) is 23.1 Å². The molecular formula is C21H19ClFN3O. The summed E-state index contributed by atoms with van der Waals surface area (Å²) in [7, 11) is 0. The molecule has 0 spiro atoms. The van der Waals surface area contributed by atoms with E-state index in [9.17, 15) is 9.18 Å². The minimum absolute atomic E-state index is 0.115. The van der Waals surface area contributed by atoms with Gasteiger partial charge in [0.25, 0.3) is 0 Å². The number of halogens is 2. The van der Waals surface area contributed by atoms with E-state index in [1.165, 1.54) is 12.1 Å². The van der Waals surface area contributed by atoms with Gasteiger partial charge in [0.15, 0.2) is 0 Å². The Morgan fingerprint density at radius 1 is 0.963 bits per heavy atom. The van der Waals surface area contributed by atoms with Gasteiger partial charge in [-0.25, -0.2) is 9.37 Å². The molecule has 1 aromatic heterocycles. The lowest BCUT2D eigenvalue weighted by molar-refractivity contribution is -0.115. The van der Waals surface area contributed by atoms with Crippen molar-refractivity contribution >= 4 is 29.0 Å². The van der Waals surface area contributed by atoms with E-state index in [4.69, 9.17) is 11.6 Å². The van der Waals surface area contributed by atoms with Crippen molar-refractivity contribution in [2.75, 3.05) is 17.2 Å². The van der Waals surface area contributed by atoms with Crippen LogP contribution in [0.3, 0.4) is 0 Å². The third kappa shape index (κ3) is 6.08. The molecule has 3 rings (SSSR count). The summed E-state index contributed by atoms with van der Waals surface area (Å²) in [6, 6.07) is 17.2. The summed E-state index contributed by atoms with van der Waals surface area (Å²) in [4.78, 5) is 16.4. The van der Waals surface area contributed by atoms with Crippen LogP contribution in [0.4, 0.5) is 15.9 Å². The highest BCUT2D eigenvalue weighted by Gasteiger charge is 2.05. The minimum Gasteiger partial charge on any atom is -0.370 e.